The highest BCUT2D eigenvalue weighted by Gasteiger charge is 2.22. The zero-order valence-electron chi connectivity index (χ0n) is 22.9. The quantitative estimate of drug-likeness (QED) is 0.142. The van der Waals surface area contributed by atoms with Crippen LogP contribution in [0.15, 0.2) is 72.8 Å². The third kappa shape index (κ3) is 8.06. The van der Waals surface area contributed by atoms with Crippen LogP contribution in [0.5, 0.6) is 5.75 Å². The smallest absolute Gasteiger partial charge is 0.343 e. The number of rotatable bonds is 12. The van der Waals surface area contributed by atoms with Gasteiger partial charge in [0.15, 0.2) is 0 Å². The Balaban J connectivity index is 1.28. The number of esters is 1. The van der Waals surface area contributed by atoms with E-state index in [2.05, 4.69) is 38.1 Å². The molecule has 196 valence electrons. The van der Waals surface area contributed by atoms with E-state index in [4.69, 9.17) is 4.74 Å². The molecule has 0 spiro atoms. The summed E-state index contributed by atoms with van der Waals surface area (Å²) in [5.41, 5.74) is 5.69. The average Bonchev–Trinajstić information content (AvgIpc) is 2.95. The Labute approximate surface area is 224 Å². The van der Waals surface area contributed by atoms with Crippen molar-refractivity contribution in [1.29, 1.82) is 0 Å². The molecule has 0 aliphatic heterocycles. The van der Waals surface area contributed by atoms with E-state index < -0.39 is 0 Å². The van der Waals surface area contributed by atoms with Crippen molar-refractivity contribution in [3.05, 3.63) is 89.5 Å². The minimum Gasteiger partial charge on any atom is -0.423 e. The molecule has 0 unspecified atom stereocenters. The van der Waals surface area contributed by atoms with Crippen LogP contribution in [0.4, 0.5) is 0 Å². The SMILES string of the molecule is CCCCCc1ccc(C(=O)Oc2ccc(-c3ccc(C4CCC(CCCCC)CC4)cc3)cc2)cc1. The molecule has 1 fully saturated rings. The second-order valence-corrected chi connectivity index (χ2v) is 10.9. The second-order valence-electron chi connectivity index (χ2n) is 10.9. The number of carbonyl (C=O) groups is 1. The number of carbonyl (C=O) groups excluding carboxylic acids is 1. The van der Waals surface area contributed by atoms with Gasteiger partial charge in [-0.3, -0.25) is 0 Å². The first-order valence-electron chi connectivity index (χ1n) is 14.7. The summed E-state index contributed by atoms with van der Waals surface area (Å²) in [6, 6.07) is 24.8. The third-order valence-electron chi connectivity index (χ3n) is 8.10. The van der Waals surface area contributed by atoms with E-state index in [1.54, 1.807) is 0 Å². The molecule has 0 N–H and O–H groups in total. The maximum Gasteiger partial charge on any atom is 0.343 e. The molecule has 0 atom stereocenters. The van der Waals surface area contributed by atoms with E-state index in [9.17, 15) is 4.79 Å². The van der Waals surface area contributed by atoms with Gasteiger partial charge < -0.3 is 4.74 Å². The fraction of sp³-hybridized carbons (Fsp3) is 0.457. The summed E-state index contributed by atoms with van der Waals surface area (Å²) < 4.78 is 5.63. The molecule has 1 saturated carbocycles. The Morgan fingerprint density at radius 1 is 0.703 bits per heavy atom. The lowest BCUT2D eigenvalue weighted by Crippen LogP contribution is -2.13. The van der Waals surface area contributed by atoms with Gasteiger partial charge in [-0.15, -0.1) is 0 Å². The predicted molar refractivity (Wildman–Crippen MR) is 155 cm³/mol. The van der Waals surface area contributed by atoms with Crippen LogP contribution in [-0.4, -0.2) is 5.97 Å². The monoisotopic (exact) mass is 496 g/mol. The molecule has 3 aromatic rings. The van der Waals surface area contributed by atoms with Gasteiger partial charge in [0.1, 0.15) is 5.75 Å². The topological polar surface area (TPSA) is 26.3 Å². The van der Waals surface area contributed by atoms with Crippen molar-refractivity contribution in [2.24, 2.45) is 5.92 Å². The average molecular weight is 497 g/mol. The Morgan fingerprint density at radius 2 is 1.30 bits per heavy atom. The fourth-order valence-electron chi connectivity index (χ4n) is 5.68. The lowest BCUT2D eigenvalue weighted by molar-refractivity contribution is 0.0735. The van der Waals surface area contributed by atoms with Crippen LogP contribution in [0.3, 0.4) is 0 Å². The summed E-state index contributed by atoms with van der Waals surface area (Å²) in [4.78, 5) is 12.6. The van der Waals surface area contributed by atoms with E-state index in [1.807, 2.05) is 48.5 Å². The Kier molecular flexibility index (Phi) is 10.4. The maximum atomic E-state index is 12.6. The molecule has 2 heteroatoms. The Bertz CT molecular complexity index is 1070. The first kappa shape index (κ1) is 27.2. The Morgan fingerprint density at radius 3 is 1.92 bits per heavy atom. The highest BCUT2D eigenvalue weighted by atomic mass is 16.5. The predicted octanol–water partition coefficient (Wildman–Crippen LogP) is 10.2. The van der Waals surface area contributed by atoms with Gasteiger partial charge in [-0.2, -0.15) is 0 Å². The zero-order valence-corrected chi connectivity index (χ0v) is 22.9. The molecule has 0 bridgehead atoms. The minimum atomic E-state index is -0.308. The van der Waals surface area contributed by atoms with Crippen LogP contribution in [0.1, 0.15) is 112 Å². The fourth-order valence-corrected chi connectivity index (χ4v) is 5.68. The molecular weight excluding hydrogens is 452 g/mol. The normalized spacial score (nSPS) is 17.5. The molecule has 1 aliphatic carbocycles. The van der Waals surface area contributed by atoms with Gasteiger partial charge in [-0.05, 0) is 96.9 Å². The van der Waals surface area contributed by atoms with E-state index >= 15 is 0 Å². The summed E-state index contributed by atoms with van der Waals surface area (Å²) in [5, 5.41) is 0. The summed E-state index contributed by atoms with van der Waals surface area (Å²) in [5.74, 6) is 1.93. The molecule has 0 aromatic heterocycles. The standard InChI is InChI=1S/C35H44O2/c1-3-5-7-9-27-11-15-29(16-12-27)30-19-21-31(22-20-30)32-23-25-34(26-24-32)37-35(36)33-17-13-28(14-18-33)10-8-6-4-2/h13-14,17-27,29H,3-12,15-16H2,1-2H3. The van der Waals surface area contributed by atoms with E-state index in [0.717, 1.165) is 17.9 Å². The first-order chi connectivity index (χ1) is 18.2. The molecule has 0 radical (unpaired) electrons. The molecule has 0 saturated heterocycles. The molecule has 2 nitrogen and oxygen atoms in total. The molecule has 0 amide bonds. The summed E-state index contributed by atoms with van der Waals surface area (Å²) >= 11 is 0. The van der Waals surface area contributed by atoms with Crippen molar-refractivity contribution in [3.8, 4) is 16.9 Å². The van der Waals surface area contributed by atoms with Crippen LogP contribution in [0.25, 0.3) is 11.1 Å². The maximum absolute atomic E-state index is 12.6. The van der Waals surface area contributed by atoms with Crippen LogP contribution >= 0.6 is 0 Å². The zero-order chi connectivity index (χ0) is 25.9. The molecule has 37 heavy (non-hydrogen) atoms. The van der Waals surface area contributed by atoms with Crippen molar-refractivity contribution in [3.63, 3.8) is 0 Å². The lowest BCUT2D eigenvalue weighted by Gasteiger charge is -2.29. The lowest BCUT2D eigenvalue weighted by atomic mass is 9.77. The van der Waals surface area contributed by atoms with Crippen molar-refractivity contribution in [1.82, 2.24) is 0 Å². The van der Waals surface area contributed by atoms with Gasteiger partial charge in [-0.25, -0.2) is 4.79 Å². The van der Waals surface area contributed by atoms with Crippen molar-refractivity contribution in [2.75, 3.05) is 0 Å². The highest BCUT2D eigenvalue weighted by molar-refractivity contribution is 5.91. The largest absolute Gasteiger partial charge is 0.423 e. The van der Waals surface area contributed by atoms with Crippen molar-refractivity contribution in [2.45, 2.75) is 96.8 Å². The molecular formula is C35H44O2. The van der Waals surface area contributed by atoms with Crippen molar-refractivity contribution >= 4 is 5.97 Å². The van der Waals surface area contributed by atoms with Gasteiger partial charge in [0.05, 0.1) is 5.56 Å². The van der Waals surface area contributed by atoms with Gasteiger partial charge in [0, 0.05) is 0 Å². The van der Waals surface area contributed by atoms with Gasteiger partial charge in [-0.1, -0.05) is 101 Å². The number of hydrogen-bond acceptors (Lipinski definition) is 2. The van der Waals surface area contributed by atoms with E-state index in [-0.39, 0.29) is 5.97 Å². The van der Waals surface area contributed by atoms with Gasteiger partial charge >= 0.3 is 5.97 Å². The minimum absolute atomic E-state index is 0.308. The van der Waals surface area contributed by atoms with Crippen LogP contribution < -0.4 is 4.74 Å². The molecule has 1 aliphatic rings. The second kappa shape index (κ2) is 14.2. The summed E-state index contributed by atoms with van der Waals surface area (Å²) in [6.07, 6.45) is 15.7. The number of aryl methyl sites for hydroxylation is 1. The first-order valence-corrected chi connectivity index (χ1v) is 14.7. The summed E-state index contributed by atoms with van der Waals surface area (Å²) in [6.45, 7) is 4.50. The molecule has 4 rings (SSSR count). The summed E-state index contributed by atoms with van der Waals surface area (Å²) in [7, 11) is 0. The van der Waals surface area contributed by atoms with Gasteiger partial charge in [0.2, 0.25) is 0 Å². The van der Waals surface area contributed by atoms with Crippen LogP contribution in [0.2, 0.25) is 0 Å². The van der Waals surface area contributed by atoms with E-state index in [0.29, 0.717) is 17.2 Å². The highest BCUT2D eigenvalue weighted by Crippen LogP contribution is 2.38. The van der Waals surface area contributed by atoms with Crippen LogP contribution in [0, 0.1) is 5.92 Å². The Hall–Kier alpha value is -2.87. The van der Waals surface area contributed by atoms with Crippen molar-refractivity contribution < 1.29 is 9.53 Å². The van der Waals surface area contributed by atoms with Gasteiger partial charge in [0.25, 0.3) is 0 Å². The number of ether oxygens (including phenoxy) is 1. The third-order valence-corrected chi connectivity index (χ3v) is 8.10. The molecule has 0 heterocycles. The number of unbranched alkanes of at least 4 members (excludes halogenated alkanes) is 4. The number of benzene rings is 3. The number of hydrogen-bond donors (Lipinski definition) is 0. The molecule has 3 aromatic carbocycles. The van der Waals surface area contributed by atoms with Crippen LogP contribution in [-0.2, 0) is 6.42 Å². The van der Waals surface area contributed by atoms with E-state index in [1.165, 1.54) is 87.3 Å².